The van der Waals surface area contributed by atoms with Crippen molar-refractivity contribution in [2.75, 3.05) is 13.7 Å². The Balaban J connectivity index is 2.00. The van der Waals surface area contributed by atoms with Gasteiger partial charge in [-0.3, -0.25) is 0 Å². The number of hydrogen-bond donors (Lipinski definition) is 1. The average molecular weight is 297 g/mol. The largest absolute Gasteiger partial charge is 0.495 e. The highest BCUT2D eigenvalue weighted by atomic mass is 32.1. The Labute approximate surface area is 121 Å². The molecule has 2 rings (SSSR count). The molecule has 0 aliphatic heterocycles. The van der Waals surface area contributed by atoms with Crippen molar-refractivity contribution in [1.82, 2.24) is 15.5 Å². The predicted molar refractivity (Wildman–Crippen MR) is 81.2 cm³/mol. The monoisotopic (exact) mass is 297 g/mol. The van der Waals surface area contributed by atoms with E-state index in [2.05, 4.69) is 36.3 Å². The Morgan fingerprint density at radius 1 is 1.32 bits per heavy atom. The third-order valence-corrected chi connectivity index (χ3v) is 4.54. The van der Waals surface area contributed by atoms with Crippen LogP contribution in [0.4, 0.5) is 0 Å². The third kappa shape index (κ3) is 3.99. The summed E-state index contributed by atoms with van der Waals surface area (Å²) in [5, 5.41) is 16.0. The fourth-order valence-corrected chi connectivity index (χ4v) is 3.40. The van der Waals surface area contributed by atoms with Gasteiger partial charge in [-0.05, 0) is 32.2 Å². The van der Waals surface area contributed by atoms with Gasteiger partial charge < -0.3 is 10.1 Å². The molecular formula is C13H19N3OS2. The van der Waals surface area contributed by atoms with Gasteiger partial charge in [-0.1, -0.05) is 11.3 Å². The van der Waals surface area contributed by atoms with Gasteiger partial charge in [0, 0.05) is 18.5 Å². The lowest BCUT2D eigenvalue weighted by Crippen LogP contribution is -2.37. The highest BCUT2D eigenvalue weighted by Gasteiger charge is 2.14. The van der Waals surface area contributed by atoms with Crippen molar-refractivity contribution in [1.29, 1.82) is 0 Å². The van der Waals surface area contributed by atoms with Gasteiger partial charge in [0.05, 0.1) is 7.11 Å². The Hall–Kier alpha value is -0.980. The lowest BCUT2D eigenvalue weighted by atomic mass is 10.1. The fourth-order valence-electron chi connectivity index (χ4n) is 1.60. The maximum absolute atomic E-state index is 5.31. The molecule has 0 atom stereocenters. The van der Waals surface area contributed by atoms with Crippen LogP contribution in [-0.2, 0) is 6.42 Å². The fraction of sp³-hybridized carbons (Fsp3) is 0.538. The van der Waals surface area contributed by atoms with Crippen molar-refractivity contribution in [3.8, 4) is 15.6 Å². The van der Waals surface area contributed by atoms with Crippen LogP contribution in [0, 0.1) is 0 Å². The number of methoxy groups -OCH3 is 1. The Morgan fingerprint density at radius 2 is 2.11 bits per heavy atom. The molecule has 0 unspecified atom stereocenters. The number of thiophene rings is 1. The second-order valence-corrected chi connectivity index (χ2v) is 7.22. The second kappa shape index (κ2) is 5.98. The zero-order valence-corrected chi connectivity index (χ0v) is 13.3. The summed E-state index contributed by atoms with van der Waals surface area (Å²) < 4.78 is 5.31. The number of nitrogens with one attached hydrogen (secondary N) is 1. The Kier molecular flexibility index (Phi) is 4.54. The predicted octanol–water partition coefficient (Wildman–Crippen LogP) is 3.21. The van der Waals surface area contributed by atoms with E-state index in [9.17, 15) is 0 Å². The van der Waals surface area contributed by atoms with Crippen molar-refractivity contribution < 1.29 is 4.74 Å². The lowest BCUT2D eigenvalue weighted by Gasteiger charge is -2.19. The highest BCUT2D eigenvalue weighted by Crippen LogP contribution is 2.36. The minimum absolute atomic E-state index is 0.143. The Bertz CT molecular complexity index is 528. The molecule has 0 fully saturated rings. The first-order valence-corrected chi connectivity index (χ1v) is 7.88. The summed E-state index contributed by atoms with van der Waals surface area (Å²) in [6.45, 7) is 7.40. The van der Waals surface area contributed by atoms with Gasteiger partial charge in [0.2, 0.25) is 0 Å². The maximum Gasteiger partial charge on any atom is 0.161 e. The third-order valence-electron chi connectivity index (χ3n) is 2.50. The van der Waals surface area contributed by atoms with E-state index in [-0.39, 0.29) is 5.54 Å². The number of hydrogen-bond acceptors (Lipinski definition) is 6. The molecule has 0 aliphatic rings. The van der Waals surface area contributed by atoms with Gasteiger partial charge in [-0.25, -0.2) is 0 Å². The number of nitrogens with zero attached hydrogens (tertiary/aromatic N) is 2. The van der Waals surface area contributed by atoms with Crippen LogP contribution >= 0.6 is 22.7 Å². The normalized spacial score (nSPS) is 11.8. The van der Waals surface area contributed by atoms with Crippen LogP contribution in [0.5, 0.6) is 5.75 Å². The molecule has 0 saturated carbocycles. The molecule has 2 aromatic heterocycles. The van der Waals surface area contributed by atoms with E-state index in [1.165, 1.54) is 0 Å². The first kappa shape index (κ1) is 14.4. The van der Waals surface area contributed by atoms with E-state index in [1.807, 2.05) is 11.4 Å². The summed E-state index contributed by atoms with van der Waals surface area (Å²) in [5.74, 6) is 0.875. The molecule has 0 amide bonds. The van der Waals surface area contributed by atoms with Gasteiger partial charge in [0.25, 0.3) is 0 Å². The summed E-state index contributed by atoms with van der Waals surface area (Å²) in [5.41, 5.74) is 0.143. The van der Waals surface area contributed by atoms with Crippen molar-refractivity contribution in [3.05, 3.63) is 16.5 Å². The molecule has 0 radical (unpaired) electrons. The topological polar surface area (TPSA) is 47.0 Å². The molecule has 0 saturated heterocycles. The second-order valence-electron chi connectivity index (χ2n) is 5.25. The molecule has 0 spiro atoms. The van der Waals surface area contributed by atoms with Crippen molar-refractivity contribution in [2.45, 2.75) is 32.7 Å². The standard InChI is InChI=1S/C13H19N3OS2/c1-13(2,3)14-7-5-10-15-16-12(19-10)11-9(17-4)6-8-18-11/h6,8,14H,5,7H2,1-4H3. The van der Waals surface area contributed by atoms with E-state index in [0.717, 1.165) is 33.6 Å². The summed E-state index contributed by atoms with van der Waals surface area (Å²) in [6.07, 6.45) is 0.905. The van der Waals surface area contributed by atoms with Gasteiger partial charge in [0.1, 0.15) is 15.6 Å². The van der Waals surface area contributed by atoms with Crippen LogP contribution in [0.15, 0.2) is 11.4 Å². The molecule has 2 aromatic rings. The quantitative estimate of drug-likeness (QED) is 0.920. The van der Waals surface area contributed by atoms with Crippen molar-refractivity contribution >= 4 is 22.7 Å². The SMILES string of the molecule is COc1ccsc1-c1nnc(CCNC(C)(C)C)s1. The van der Waals surface area contributed by atoms with Crippen LogP contribution < -0.4 is 10.1 Å². The Morgan fingerprint density at radius 3 is 2.79 bits per heavy atom. The summed E-state index contributed by atoms with van der Waals surface area (Å²) in [6, 6.07) is 1.96. The summed E-state index contributed by atoms with van der Waals surface area (Å²) in [7, 11) is 1.68. The molecule has 1 N–H and O–H groups in total. The zero-order chi connectivity index (χ0) is 13.9. The minimum atomic E-state index is 0.143. The molecule has 0 aromatic carbocycles. The van der Waals surface area contributed by atoms with Gasteiger partial charge in [-0.2, -0.15) is 0 Å². The van der Waals surface area contributed by atoms with Gasteiger partial charge >= 0.3 is 0 Å². The lowest BCUT2D eigenvalue weighted by molar-refractivity contribution is 0.418. The molecule has 4 nitrogen and oxygen atoms in total. The van der Waals surface area contributed by atoms with E-state index in [4.69, 9.17) is 4.74 Å². The van der Waals surface area contributed by atoms with Crippen molar-refractivity contribution in [3.63, 3.8) is 0 Å². The van der Waals surface area contributed by atoms with Crippen LogP contribution in [-0.4, -0.2) is 29.4 Å². The van der Waals surface area contributed by atoms with E-state index in [1.54, 1.807) is 29.8 Å². The van der Waals surface area contributed by atoms with Crippen LogP contribution in [0.3, 0.4) is 0 Å². The zero-order valence-electron chi connectivity index (χ0n) is 11.7. The number of rotatable bonds is 5. The van der Waals surface area contributed by atoms with E-state index >= 15 is 0 Å². The first-order valence-electron chi connectivity index (χ1n) is 6.19. The van der Waals surface area contributed by atoms with Gasteiger partial charge in [0.15, 0.2) is 5.01 Å². The van der Waals surface area contributed by atoms with Gasteiger partial charge in [-0.15, -0.1) is 21.5 Å². The molecule has 2 heterocycles. The summed E-state index contributed by atoms with van der Waals surface area (Å²) >= 11 is 3.27. The molecular weight excluding hydrogens is 278 g/mol. The summed E-state index contributed by atoms with van der Waals surface area (Å²) in [4.78, 5) is 1.06. The van der Waals surface area contributed by atoms with Crippen LogP contribution in [0.25, 0.3) is 9.88 Å². The van der Waals surface area contributed by atoms with E-state index in [0.29, 0.717) is 0 Å². The number of aromatic nitrogens is 2. The van der Waals surface area contributed by atoms with Crippen molar-refractivity contribution in [2.24, 2.45) is 0 Å². The van der Waals surface area contributed by atoms with Crippen LogP contribution in [0.1, 0.15) is 25.8 Å². The molecule has 0 aliphatic carbocycles. The number of ether oxygens (including phenoxy) is 1. The molecule has 19 heavy (non-hydrogen) atoms. The minimum Gasteiger partial charge on any atom is -0.495 e. The van der Waals surface area contributed by atoms with Crippen LogP contribution in [0.2, 0.25) is 0 Å². The highest BCUT2D eigenvalue weighted by molar-refractivity contribution is 7.21. The molecule has 0 bridgehead atoms. The average Bonchev–Trinajstić information content (AvgIpc) is 2.93. The van der Waals surface area contributed by atoms with E-state index < -0.39 is 0 Å². The molecule has 104 valence electrons. The first-order chi connectivity index (χ1) is 8.99. The smallest absolute Gasteiger partial charge is 0.161 e. The molecule has 6 heteroatoms. The maximum atomic E-state index is 5.31.